The molecule has 2 rings (SSSR count). The fourth-order valence-corrected chi connectivity index (χ4v) is 1.54. The summed E-state index contributed by atoms with van der Waals surface area (Å²) in [7, 11) is 0. The molecule has 0 saturated heterocycles. The minimum Gasteiger partial charge on any atom is -0.294 e. The number of carbonyl (C=O) groups excluding carboxylic acids is 1. The lowest BCUT2D eigenvalue weighted by atomic mass is 10.1. The summed E-state index contributed by atoms with van der Waals surface area (Å²) in [5, 5.41) is 2.60. The first-order valence-electron chi connectivity index (χ1n) is 5.27. The fourth-order valence-electron chi connectivity index (χ4n) is 1.40. The summed E-state index contributed by atoms with van der Waals surface area (Å²) >= 11 is 5.63. The molecule has 0 radical (unpaired) electrons. The van der Waals surface area contributed by atoms with E-state index in [-0.39, 0.29) is 17.5 Å². The third kappa shape index (κ3) is 3.69. The van der Waals surface area contributed by atoms with Gasteiger partial charge in [-0.1, -0.05) is 17.7 Å². The normalized spacial score (nSPS) is 10.3. The van der Waals surface area contributed by atoms with Gasteiger partial charge < -0.3 is 0 Å². The maximum atomic E-state index is 13.0. The molecule has 1 aromatic heterocycles. The molecule has 0 saturated carbocycles. The molecule has 7 heteroatoms. The first-order chi connectivity index (χ1) is 9.04. The molecule has 1 amide bonds. The van der Waals surface area contributed by atoms with Crippen molar-refractivity contribution in [3.63, 3.8) is 0 Å². The van der Waals surface area contributed by atoms with Crippen molar-refractivity contribution in [3.05, 3.63) is 52.8 Å². The summed E-state index contributed by atoms with van der Waals surface area (Å²) in [6.07, 6.45) is 1.27. The zero-order valence-corrected chi connectivity index (χ0v) is 10.3. The molecule has 0 fully saturated rings. The van der Waals surface area contributed by atoms with Crippen LogP contribution in [-0.2, 0) is 11.2 Å². The highest BCUT2D eigenvalue weighted by atomic mass is 35.5. The molecule has 1 aromatic carbocycles. The molecule has 0 aliphatic rings. The van der Waals surface area contributed by atoms with Gasteiger partial charge in [-0.05, 0) is 23.8 Å². The summed E-state index contributed by atoms with van der Waals surface area (Å²) in [5.74, 6) is -2.35. The number of aromatic nitrogens is 2. The van der Waals surface area contributed by atoms with E-state index in [1.54, 1.807) is 0 Å². The zero-order chi connectivity index (χ0) is 13.8. The standard InChI is InChI=1S/C12H8ClF2N3O/c13-10-3-4-16-12(17-10)18-11(19)6-7-1-2-8(14)9(15)5-7/h1-5H,6H2,(H,16,17,18,19). The summed E-state index contributed by atoms with van der Waals surface area (Å²) in [6.45, 7) is 0. The van der Waals surface area contributed by atoms with Gasteiger partial charge in [0.2, 0.25) is 11.9 Å². The lowest BCUT2D eigenvalue weighted by Gasteiger charge is -2.04. The van der Waals surface area contributed by atoms with Crippen LogP contribution < -0.4 is 5.32 Å². The van der Waals surface area contributed by atoms with Crippen LogP contribution in [-0.4, -0.2) is 15.9 Å². The van der Waals surface area contributed by atoms with E-state index in [1.807, 2.05) is 0 Å². The van der Waals surface area contributed by atoms with Gasteiger partial charge >= 0.3 is 0 Å². The number of benzene rings is 1. The van der Waals surface area contributed by atoms with E-state index < -0.39 is 17.5 Å². The fraction of sp³-hybridized carbons (Fsp3) is 0.0833. The van der Waals surface area contributed by atoms with Crippen molar-refractivity contribution in [2.24, 2.45) is 0 Å². The number of nitrogens with zero attached hydrogens (tertiary/aromatic N) is 2. The summed E-state index contributed by atoms with van der Waals surface area (Å²) < 4.78 is 25.7. The quantitative estimate of drug-likeness (QED) is 0.881. The first kappa shape index (κ1) is 13.4. The lowest BCUT2D eigenvalue weighted by Crippen LogP contribution is -2.16. The third-order valence-corrected chi connectivity index (χ3v) is 2.43. The number of rotatable bonds is 3. The van der Waals surface area contributed by atoms with E-state index in [9.17, 15) is 13.6 Å². The Bertz CT molecular complexity index is 622. The summed E-state index contributed by atoms with van der Waals surface area (Å²) in [5.41, 5.74) is 0.346. The minimum atomic E-state index is -0.996. The van der Waals surface area contributed by atoms with Crippen LogP contribution in [0.3, 0.4) is 0 Å². The second-order valence-electron chi connectivity index (χ2n) is 3.68. The van der Waals surface area contributed by atoms with Gasteiger partial charge in [0.05, 0.1) is 6.42 Å². The molecule has 0 unspecified atom stereocenters. The monoisotopic (exact) mass is 283 g/mol. The second-order valence-corrected chi connectivity index (χ2v) is 4.06. The number of hydrogen-bond donors (Lipinski definition) is 1. The molecule has 0 aliphatic heterocycles. The van der Waals surface area contributed by atoms with E-state index in [2.05, 4.69) is 15.3 Å². The Balaban J connectivity index is 2.03. The average molecular weight is 284 g/mol. The molecule has 98 valence electrons. The van der Waals surface area contributed by atoms with Gasteiger partial charge in [0.1, 0.15) is 5.15 Å². The predicted octanol–water partition coefficient (Wildman–Crippen LogP) is 2.59. The van der Waals surface area contributed by atoms with Gasteiger partial charge in [-0.3, -0.25) is 10.1 Å². The molecule has 0 bridgehead atoms. The van der Waals surface area contributed by atoms with E-state index in [1.165, 1.54) is 18.3 Å². The number of carbonyl (C=O) groups is 1. The Kier molecular flexibility index (Phi) is 4.01. The van der Waals surface area contributed by atoms with Crippen molar-refractivity contribution in [3.8, 4) is 0 Å². The Hall–Kier alpha value is -2.08. The van der Waals surface area contributed by atoms with Crippen molar-refractivity contribution < 1.29 is 13.6 Å². The molecule has 1 heterocycles. The summed E-state index contributed by atoms with van der Waals surface area (Å²) in [6, 6.07) is 4.73. The van der Waals surface area contributed by atoms with Crippen LogP contribution in [0.4, 0.5) is 14.7 Å². The van der Waals surface area contributed by atoms with Gasteiger partial charge in [0.25, 0.3) is 0 Å². The maximum Gasteiger partial charge on any atom is 0.231 e. The molecule has 4 nitrogen and oxygen atoms in total. The lowest BCUT2D eigenvalue weighted by molar-refractivity contribution is -0.115. The van der Waals surface area contributed by atoms with Crippen molar-refractivity contribution in [1.29, 1.82) is 0 Å². The number of nitrogens with one attached hydrogen (secondary N) is 1. The first-order valence-corrected chi connectivity index (χ1v) is 5.65. The minimum absolute atomic E-state index is 0.0556. The predicted molar refractivity (Wildman–Crippen MR) is 65.7 cm³/mol. The Morgan fingerprint density at radius 1 is 1.26 bits per heavy atom. The average Bonchev–Trinajstić information content (AvgIpc) is 2.34. The van der Waals surface area contributed by atoms with Gasteiger partial charge in [-0.2, -0.15) is 0 Å². The Morgan fingerprint density at radius 2 is 2.05 bits per heavy atom. The molecular formula is C12H8ClF2N3O. The third-order valence-electron chi connectivity index (χ3n) is 2.22. The van der Waals surface area contributed by atoms with Crippen LogP contribution in [0.5, 0.6) is 0 Å². The van der Waals surface area contributed by atoms with E-state index in [4.69, 9.17) is 11.6 Å². The van der Waals surface area contributed by atoms with Crippen LogP contribution in [0.15, 0.2) is 30.5 Å². The SMILES string of the molecule is O=C(Cc1ccc(F)c(F)c1)Nc1nccc(Cl)n1. The van der Waals surface area contributed by atoms with E-state index >= 15 is 0 Å². The molecule has 0 atom stereocenters. The molecule has 0 spiro atoms. The van der Waals surface area contributed by atoms with Gasteiger partial charge in [-0.25, -0.2) is 18.7 Å². The highest BCUT2D eigenvalue weighted by Gasteiger charge is 2.09. The summed E-state index contributed by atoms with van der Waals surface area (Å²) in [4.78, 5) is 19.2. The van der Waals surface area contributed by atoms with Crippen LogP contribution >= 0.6 is 11.6 Å². The largest absolute Gasteiger partial charge is 0.294 e. The van der Waals surface area contributed by atoms with Gasteiger partial charge in [-0.15, -0.1) is 0 Å². The molecule has 1 N–H and O–H groups in total. The van der Waals surface area contributed by atoms with Crippen LogP contribution in [0.1, 0.15) is 5.56 Å². The topological polar surface area (TPSA) is 54.9 Å². The van der Waals surface area contributed by atoms with E-state index in [0.29, 0.717) is 5.56 Å². The zero-order valence-electron chi connectivity index (χ0n) is 9.53. The number of halogens is 3. The number of anilines is 1. The van der Waals surface area contributed by atoms with Crippen LogP contribution in [0, 0.1) is 11.6 Å². The molecular weight excluding hydrogens is 276 g/mol. The van der Waals surface area contributed by atoms with Gasteiger partial charge in [0.15, 0.2) is 11.6 Å². The van der Waals surface area contributed by atoms with Crippen molar-refractivity contribution in [2.75, 3.05) is 5.32 Å². The molecule has 0 aliphatic carbocycles. The highest BCUT2D eigenvalue weighted by Crippen LogP contribution is 2.10. The molecule has 19 heavy (non-hydrogen) atoms. The molecule has 2 aromatic rings. The van der Waals surface area contributed by atoms with Crippen LogP contribution in [0.25, 0.3) is 0 Å². The van der Waals surface area contributed by atoms with Crippen molar-refractivity contribution in [2.45, 2.75) is 6.42 Å². The second kappa shape index (κ2) is 5.71. The highest BCUT2D eigenvalue weighted by molar-refractivity contribution is 6.29. The number of amides is 1. The van der Waals surface area contributed by atoms with Gasteiger partial charge in [0, 0.05) is 6.20 Å². The van der Waals surface area contributed by atoms with Crippen molar-refractivity contribution >= 4 is 23.5 Å². The van der Waals surface area contributed by atoms with Crippen molar-refractivity contribution in [1.82, 2.24) is 9.97 Å². The smallest absolute Gasteiger partial charge is 0.231 e. The van der Waals surface area contributed by atoms with Crippen LogP contribution in [0.2, 0.25) is 5.15 Å². The van der Waals surface area contributed by atoms with E-state index in [0.717, 1.165) is 12.1 Å². The Morgan fingerprint density at radius 3 is 2.74 bits per heavy atom. The Labute approximate surface area is 112 Å². The number of hydrogen-bond acceptors (Lipinski definition) is 3. The maximum absolute atomic E-state index is 13.0.